The van der Waals surface area contributed by atoms with Gasteiger partial charge in [-0.1, -0.05) is 32.0 Å². The fourth-order valence-corrected chi connectivity index (χ4v) is 7.00. The van der Waals surface area contributed by atoms with Gasteiger partial charge in [-0.25, -0.2) is 4.79 Å². The molecule has 3 aliphatic rings. The summed E-state index contributed by atoms with van der Waals surface area (Å²) >= 11 is 0. The zero-order valence-electron chi connectivity index (χ0n) is 24.9. The first-order valence-corrected chi connectivity index (χ1v) is 14.5. The van der Waals surface area contributed by atoms with E-state index in [0.717, 1.165) is 0 Å². The molecule has 0 bridgehead atoms. The summed E-state index contributed by atoms with van der Waals surface area (Å²) in [5.74, 6) is -7.71. The number of rotatable bonds is 6. The minimum absolute atomic E-state index is 0.00233. The molecule has 0 saturated heterocycles. The molecule has 0 spiro atoms. The summed E-state index contributed by atoms with van der Waals surface area (Å²) in [7, 11) is 3.20. The minimum Gasteiger partial charge on any atom is -0.507 e. The van der Waals surface area contributed by atoms with Crippen molar-refractivity contribution in [1.82, 2.24) is 4.90 Å². The number of benzene rings is 2. The monoisotopic (exact) mass is 607 g/mol. The summed E-state index contributed by atoms with van der Waals surface area (Å²) in [4.78, 5) is 53.3. The number of aliphatic hydroxyl groups is 3. The summed E-state index contributed by atoms with van der Waals surface area (Å²) in [5, 5.41) is 47.7. The van der Waals surface area contributed by atoms with Crippen molar-refractivity contribution in [2.45, 2.75) is 44.4 Å². The first-order chi connectivity index (χ1) is 20.7. The molecule has 0 heterocycles. The molecule has 3 aliphatic carbocycles. The molecule has 2 amide bonds. The topological polar surface area (TPSA) is 200 Å². The highest BCUT2D eigenvalue weighted by molar-refractivity contribution is 6.25. The van der Waals surface area contributed by atoms with E-state index in [1.807, 2.05) is 13.8 Å². The second kappa shape index (κ2) is 11.3. The third-order valence-electron chi connectivity index (χ3n) is 8.96. The average molecular weight is 608 g/mol. The molecule has 7 N–H and O–H groups in total. The Labute approximate surface area is 254 Å². The van der Waals surface area contributed by atoms with Crippen molar-refractivity contribution < 1.29 is 44.3 Å². The number of phenols is 1. The third kappa shape index (κ3) is 4.92. The number of nitrogens with one attached hydrogen (secondary N) is 1. The van der Waals surface area contributed by atoms with Crippen LogP contribution in [0.5, 0.6) is 5.75 Å². The molecular weight excluding hydrogens is 570 g/mol. The van der Waals surface area contributed by atoms with Crippen LogP contribution in [0.4, 0.5) is 10.5 Å². The van der Waals surface area contributed by atoms with Crippen molar-refractivity contribution in [3.05, 3.63) is 53.1 Å². The molecule has 2 unspecified atom stereocenters. The molecule has 44 heavy (non-hydrogen) atoms. The molecule has 2 saturated carbocycles. The largest absolute Gasteiger partial charge is 0.507 e. The van der Waals surface area contributed by atoms with Crippen molar-refractivity contribution in [3.8, 4) is 16.9 Å². The number of hydrogen-bond acceptors (Lipinski definition) is 10. The maximum absolute atomic E-state index is 14.0. The smallest absolute Gasteiger partial charge is 0.411 e. The van der Waals surface area contributed by atoms with E-state index in [4.69, 9.17) is 10.5 Å². The van der Waals surface area contributed by atoms with Crippen LogP contribution in [0.3, 0.4) is 0 Å². The third-order valence-corrected chi connectivity index (χ3v) is 8.96. The van der Waals surface area contributed by atoms with E-state index in [0.29, 0.717) is 22.4 Å². The van der Waals surface area contributed by atoms with Crippen molar-refractivity contribution in [1.29, 1.82) is 0 Å². The maximum Gasteiger partial charge on any atom is 0.411 e. The van der Waals surface area contributed by atoms with Crippen LogP contribution in [0, 0.1) is 23.7 Å². The van der Waals surface area contributed by atoms with Gasteiger partial charge in [0.15, 0.2) is 11.4 Å². The molecular formula is C32H37N3O9. The van der Waals surface area contributed by atoms with Crippen LogP contribution in [-0.2, 0) is 25.5 Å². The van der Waals surface area contributed by atoms with Gasteiger partial charge in [-0.15, -0.1) is 0 Å². The second-order valence-corrected chi connectivity index (χ2v) is 12.5. The Balaban J connectivity index is 1.55. The Morgan fingerprint density at radius 1 is 1.11 bits per heavy atom. The highest BCUT2D eigenvalue weighted by Crippen LogP contribution is 2.53. The number of ketones is 2. The van der Waals surface area contributed by atoms with Crippen LogP contribution >= 0.6 is 0 Å². The molecule has 12 heteroatoms. The number of carbonyl (C=O) groups is 4. The number of ether oxygens (including phenoxy) is 1. The zero-order valence-corrected chi connectivity index (χ0v) is 24.9. The second-order valence-electron chi connectivity index (χ2n) is 12.5. The van der Waals surface area contributed by atoms with Gasteiger partial charge in [0, 0.05) is 23.2 Å². The van der Waals surface area contributed by atoms with Gasteiger partial charge in [0.05, 0.1) is 18.3 Å². The van der Waals surface area contributed by atoms with Gasteiger partial charge in [0.2, 0.25) is 11.7 Å². The number of Topliss-reactive ketones (excluding diaryl/α,β-unsaturated/α-hetero) is 2. The molecule has 2 aromatic carbocycles. The maximum atomic E-state index is 14.0. The van der Waals surface area contributed by atoms with Crippen molar-refractivity contribution in [3.63, 3.8) is 0 Å². The number of amides is 2. The highest BCUT2D eigenvalue weighted by atomic mass is 16.5. The Hall–Kier alpha value is -4.26. The van der Waals surface area contributed by atoms with Gasteiger partial charge < -0.3 is 35.8 Å². The molecule has 2 fully saturated rings. The van der Waals surface area contributed by atoms with E-state index in [1.165, 1.54) is 6.07 Å². The summed E-state index contributed by atoms with van der Waals surface area (Å²) in [5.41, 5.74) is 4.91. The van der Waals surface area contributed by atoms with Crippen LogP contribution in [0.25, 0.3) is 16.9 Å². The average Bonchev–Trinajstić information content (AvgIpc) is 2.94. The number of primary amides is 1. The molecule has 2 aromatic rings. The Morgan fingerprint density at radius 3 is 2.36 bits per heavy atom. The number of hydrogen-bond donors (Lipinski definition) is 6. The standard InChI is InChI=1S/C32H37N3O9/c1-14(2)13-44-31(42)34-17-7-5-15(6-8-17)18-9-10-21(36)23-19(18)11-16-12-20-25(35(3)4)27(38)24(30(33)41)29(40)32(20,43)28(39)22(16)26(23)37/h5-10,14,16,20,24-25,27,36-38,43H,11-13H2,1-4H3,(H2,33,41)(H,34,42)/t16-,20-,24?,25-,27?,32-/m1/s1. The normalized spacial score (nSPS) is 28.0. The molecule has 5 rings (SSSR count). The van der Waals surface area contributed by atoms with Gasteiger partial charge >= 0.3 is 6.09 Å². The Kier molecular flexibility index (Phi) is 8.04. The lowest BCUT2D eigenvalue weighted by Crippen LogP contribution is -2.73. The summed E-state index contributed by atoms with van der Waals surface area (Å²) in [6.07, 6.45) is -1.95. The van der Waals surface area contributed by atoms with Gasteiger partial charge in [0.25, 0.3) is 0 Å². The zero-order chi connectivity index (χ0) is 32.2. The molecule has 234 valence electrons. The van der Waals surface area contributed by atoms with E-state index in [-0.39, 0.29) is 42.3 Å². The number of aliphatic hydroxyl groups excluding tert-OH is 2. The number of likely N-dealkylation sites (N-methyl/N-ethyl adjacent to an activating group) is 1. The number of aromatic hydroxyl groups is 1. The first-order valence-electron chi connectivity index (χ1n) is 14.5. The number of nitrogens with zero attached hydrogens (tertiary/aromatic N) is 1. The quantitative estimate of drug-likeness (QED) is 0.264. The van der Waals surface area contributed by atoms with Crippen LogP contribution in [-0.4, -0.2) is 87.3 Å². The van der Waals surface area contributed by atoms with Crippen molar-refractivity contribution in [2.24, 2.45) is 29.4 Å². The van der Waals surface area contributed by atoms with Crippen LogP contribution in [0.1, 0.15) is 31.4 Å². The van der Waals surface area contributed by atoms with E-state index < -0.39 is 64.8 Å². The summed E-state index contributed by atoms with van der Waals surface area (Å²) in [6, 6.07) is 8.97. The van der Waals surface area contributed by atoms with Gasteiger partial charge in [-0.3, -0.25) is 19.7 Å². The SMILES string of the molecule is CC(C)COC(=O)Nc1ccc(-c2ccc(O)c3c2C[C@@H]2C[C@@H]4[C@@H](N(C)C)C(O)C(C(N)=O)C(=O)[C@]4(O)C(=O)C2=C3O)cc1. The van der Waals surface area contributed by atoms with Crippen LogP contribution < -0.4 is 11.1 Å². The van der Waals surface area contributed by atoms with Crippen molar-refractivity contribution in [2.75, 3.05) is 26.0 Å². The van der Waals surface area contributed by atoms with E-state index in [2.05, 4.69) is 5.32 Å². The summed E-state index contributed by atoms with van der Waals surface area (Å²) in [6.45, 7) is 4.13. The molecule has 0 aliphatic heterocycles. The lowest BCUT2D eigenvalue weighted by atomic mass is 9.54. The predicted molar refractivity (Wildman–Crippen MR) is 159 cm³/mol. The predicted octanol–water partition coefficient (Wildman–Crippen LogP) is 2.00. The number of anilines is 1. The van der Waals surface area contributed by atoms with Gasteiger partial charge in [-0.2, -0.15) is 0 Å². The van der Waals surface area contributed by atoms with Gasteiger partial charge in [-0.05, 0) is 73.7 Å². The molecule has 0 radical (unpaired) electrons. The fraction of sp³-hybridized carbons (Fsp3) is 0.438. The van der Waals surface area contributed by atoms with Crippen molar-refractivity contribution >= 4 is 35.0 Å². The first kappa shape index (κ1) is 31.2. The number of carbonyl (C=O) groups excluding carboxylic acids is 4. The van der Waals surface area contributed by atoms with E-state index in [1.54, 1.807) is 49.3 Å². The van der Waals surface area contributed by atoms with Crippen LogP contribution in [0.15, 0.2) is 42.0 Å². The van der Waals surface area contributed by atoms with Crippen LogP contribution in [0.2, 0.25) is 0 Å². The molecule has 6 atom stereocenters. The number of phenolic OH excluding ortho intramolecular Hbond substituents is 1. The molecule has 0 aromatic heterocycles. The number of nitrogens with two attached hydrogens (primary N) is 1. The van der Waals surface area contributed by atoms with E-state index >= 15 is 0 Å². The molecule has 12 nitrogen and oxygen atoms in total. The fourth-order valence-electron chi connectivity index (χ4n) is 7.00. The lowest BCUT2D eigenvalue weighted by Gasteiger charge is -2.53. The van der Waals surface area contributed by atoms with Gasteiger partial charge in [0.1, 0.15) is 17.4 Å². The number of fused-ring (bicyclic) bond motifs is 3. The lowest BCUT2D eigenvalue weighted by molar-refractivity contribution is -0.184. The Morgan fingerprint density at radius 2 is 1.77 bits per heavy atom. The minimum atomic E-state index is -2.71. The summed E-state index contributed by atoms with van der Waals surface area (Å²) < 4.78 is 5.16. The highest BCUT2D eigenvalue weighted by Gasteiger charge is 2.67. The van der Waals surface area contributed by atoms with E-state index in [9.17, 15) is 39.6 Å². The Bertz CT molecular complexity index is 1570.